The van der Waals surface area contributed by atoms with Crippen LogP contribution < -0.4 is 35.3 Å². The Morgan fingerprint density at radius 2 is 2.00 bits per heavy atom. The van der Waals surface area contributed by atoms with Crippen molar-refractivity contribution in [2.45, 2.75) is 12.8 Å². The van der Waals surface area contributed by atoms with Gasteiger partial charge in [-0.1, -0.05) is 6.42 Å². The maximum atomic E-state index is 9.38. The number of hydrogen-bond donors (Lipinski definition) is 1. The van der Waals surface area contributed by atoms with Gasteiger partial charge in [-0.05, 0) is 6.54 Å². The molecule has 0 aromatic heterocycles. The van der Waals surface area contributed by atoms with E-state index >= 15 is 0 Å². The van der Waals surface area contributed by atoms with E-state index in [4.69, 9.17) is 5.73 Å². The van der Waals surface area contributed by atoms with E-state index in [1.54, 1.807) is 6.29 Å². The van der Waals surface area contributed by atoms with E-state index in [9.17, 15) is 4.79 Å². The van der Waals surface area contributed by atoms with Crippen LogP contribution in [0.25, 0.3) is 0 Å². The molecule has 0 atom stereocenters. The third-order valence-corrected chi connectivity index (χ3v) is 0.483. The molecule has 0 aliphatic carbocycles. The van der Waals surface area contributed by atoms with Crippen LogP contribution in [-0.4, -0.2) is 18.3 Å². The summed E-state index contributed by atoms with van der Waals surface area (Å²) >= 11 is 0. The summed E-state index contributed by atoms with van der Waals surface area (Å²) in [7, 11) is 0. The van der Waals surface area contributed by atoms with Gasteiger partial charge in [-0.2, -0.15) is 6.42 Å². The van der Waals surface area contributed by atoms with Crippen molar-refractivity contribution >= 4 is 6.29 Å². The van der Waals surface area contributed by atoms with Crippen molar-refractivity contribution in [2.24, 2.45) is 5.73 Å². The minimum Gasteiger partial charge on any atom is -0.870 e. The van der Waals surface area contributed by atoms with Crippen molar-refractivity contribution in [3.63, 3.8) is 0 Å². The van der Waals surface area contributed by atoms with Crippen LogP contribution in [0.1, 0.15) is 12.8 Å². The molecule has 0 bridgehead atoms. The molecule has 0 saturated carbocycles. The Kier molecular flexibility index (Phi) is 31.0. The molecule has 4 heteroatoms. The normalized spacial score (nSPS) is 6.12. The molecule has 0 spiro atoms. The van der Waals surface area contributed by atoms with E-state index in [1.165, 1.54) is 0 Å². The van der Waals surface area contributed by atoms with Gasteiger partial charge in [0, 0.05) is 0 Å². The van der Waals surface area contributed by atoms with Gasteiger partial charge in [-0.3, -0.25) is 6.29 Å². The van der Waals surface area contributed by atoms with Crippen LogP contribution in [0.5, 0.6) is 0 Å². The van der Waals surface area contributed by atoms with Crippen LogP contribution in [0.4, 0.5) is 0 Å². The SMILES string of the molecule is NCCC[C-]=O.[Na+].[OH-]. The fourth-order valence-electron chi connectivity index (χ4n) is 0.174. The predicted octanol–water partition coefficient (Wildman–Crippen LogP) is -3.34. The fraction of sp³-hybridized carbons (Fsp3) is 0.750. The van der Waals surface area contributed by atoms with Gasteiger partial charge in [0.25, 0.3) is 0 Å². The van der Waals surface area contributed by atoms with Gasteiger partial charge < -0.3 is 16.0 Å². The van der Waals surface area contributed by atoms with Crippen molar-refractivity contribution in [1.29, 1.82) is 0 Å². The van der Waals surface area contributed by atoms with E-state index in [-0.39, 0.29) is 35.0 Å². The fourth-order valence-corrected chi connectivity index (χ4v) is 0.174. The van der Waals surface area contributed by atoms with Crippen molar-refractivity contribution in [1.82, 2.24) is 0 Å². The molecule has 0 heterocycles. The molecule has 3 nitrogen and oxygen atoms in total. The molecule has 0 rings (SSSR count). The molecule has 0 aromatic rings. The third kappa shape index (κ3) is 16.0. The van der Waals surface area contributed by atoms with Gasteiger partial charge >= 0.3 is 29.6 Å². The molecule has 3 N–H and O–H groups in total. The van der Waals surface area contributed by atoms with Crippen molar-refractivity contribution in [3.8, 4) is 0 Å². The summed E-state index contributed by atoms with van der Waals surface area (Å²) in [6.07, 6.45) is 2.99. The second-order valence-electron chi connectivity index (χ2n) is 1.04. The summed E-state index contributed by atoms with van der Waals surface area (Å²) in [4.78, 5) is 9.38. The van der Waals surface area contributed by atoms with Gasteiger partial charge in [0.2, 0.25) is 0 Å². The molecule has 0 saturated heterocycles. The quantitative estimate of drug-likeness (QED) is 0.244. The first-order chi connectivity index (χ1) is 2.91. The van der Waals surface area contributed by atoms with Crippen molar-refractivity contribution < 1.29 is 39.8 Å². The van der Waals surface area contributed by atoms with Gasteiger partial charge in [0.05, 0.1) is 0 Å². The van der Waals surface area contributed by atoms with E-state index in [0.717, 1.165) is 6.42 Å². The van der Waals surface area contributed by atoms with Crippen LogP contribution in [0, 0.1) is 0 Å². The standard InChI is InChI=1S/C4H8NO.Na.H2O/c5-3-1-2-4-6;;/h1-3,5H2;;1H2/q-1;+1;/p-1. The first-order valence-electron chi connectivity index (χ1n) is 1.97. The van der Waals surface area contributed by atoms with Gasteiger partial charge in [-0.15, -0.1) is 0 Å². The van der Waals surface area contributed by atoms with E-state index in [0.29, 0.717) is 13.0 Å². The Hall–Kier alpha value is 0.590. The maximum absolute atomic E-state index is 9.38. The molecule has 0 fully saturated rings. The number of rotatable bonds is 3. The molecule has 0 aliphatic rings. The van der Waals surface area contributed by atoms with Crippen LogP contribution in [0.15, 0.2) is 0 Å². The first kappa shape index (κ1) is 15.8. The molecule has 44 valence electrons. The summed E-state index contributed by atoms with van der Waals surface area (Å²) < 4.78 is 0. The van der Waals surface area contributed by atoms with Crippen LogP contribution in [0.3, 0.4) is 0 Å². The molecule has 0 aliphatic heterocycles. The molecule has 8 heavy (non-hydrogen) atoms. The second-order valence-corrected chi connectivity index (χ2v) is 1.04. The van der Waals surface area contributed by atoms with Crippen molar-refractivity contribution in [2.75, 3.05) is 6.54 Å². The summed E-state index contributed by atoms with van der Waals surface area (Å²) in [5.41, 5.74) is 5.04. The molecule has 0 aromatic carbocycles. The Bertz CT molecular complexity index is 43.0. The zero-order valence-electron chi connectivity index (χ0n) is 5.05. The van der Waals surface area contributed by atoms with Crippen LogP contribution in [-0.2, 0) is 4.79 Å². The average Bonchev–Trinajstić information content (AvgIpc) is 1.61. The molecule has 0 radical (unpaired) electrons. The Morgan fingerprint density at radius 3 is 2.12 bits per heavy atom. The van der Waals surface area contributed by atoms with Gasteiger partial charge in [-0.25, -0.2) is 0 Å². The van der Waals surface area contributed by atoms with E-state index in [2.05, 4.69) is 0 Å². The topological polar surface area (TPSA) is 73.1 Å². The van der Waals surface area contributed by atoms with Crippen LogP contribution >= 0.6 is 0 Å². The maximum Gasteiger partial charge on any atom is 1.00 e. The van der Waals surface area contributed by atoms with Crippen molar-refractivity contribution in [3.05, 3.63) is 0 Å². The summed E-state index contributed by atoms with van der Waals surface area (Å²) in [6.45, 7) is 0.592. The minimum absolute atomic E-state index is 0. The zero-order valence-corrected chi connectivity index (χ0v) is 7.05. The summed E-state index contributed by atoms with van der Waals surface area (Å²) in [6, 6.07) is 0. The molecular weight excluding hydrogens is 117 g/mol. The first-order valence-corrected chi connectivity index (χ1v) is 1.97. The molecular formula is C4H9NNaO2-. The second kappa shape index (κ2) is 15.6. The number of nitrogens with two attached hydrogens (primary N) is 1. The predicted molar refractivity (Wildman–Crippen MR) is 25.9 cm³/mol. The Labute approximate surface area is 71.2 Å². The average molecular weight is 126 g/mol. The monoisotopic (exact) mass is 126 g/mol. The largest absolute Gasteiger partial charge is 1.00 e. The molecule has 0 unspecified atom stereocenters. The number of hydrogen-bond acceptors (Lipinski definition) is 3. The smallest absolute Gasteiger partial charge is 0.870 e. The summed E-state index contributed by atoms with van der Waals surface area (Å²) in [5, 5.41) is 0. The number of unbranched alkanes of at least 4 members (excludes halogenated alkanes) is 1. The zero-order chi connectivity index (χ0) is 4.83. The van der Waals surface area contributed by atoms with Gasteiger partial charge in [0.1, 0.15) is 0 Å². The summed E-state index contributed by atoms with van der Waals surface area (Å²) in [5.74, 6) is 0. The third-order valence-electron chi connectivity index (χ3n) is 0.483. The van der Waals surface area contributed by atoms with Crippen LogP contribution in [0.2, 0.25) is 0 Å². The Balaban J connectivity index is -0.000000125. The number of carbonyl (C=O) groups excluding carboxylic acids is 1. The Morgan fingerprint density at radius 1 is 1.50 bits per heavy atom. The van der Waals surface area contributed by atoms with E-state index in [1.807, 2.05) is 0 Å². The minimum atomic E-state index is 0. The van der Waals surface area contributed by atoms with Gasteiger partial charge in [0.15, 0.2) is 0 Å². The molecule has 0 amide bonds. The van der Waals surface area contributed by atoms with E-state index < -0.39 is 0 Å².